The molecule has 6 heteroatoms. The summed E-state index contributed by atoms with van der Waals surface area (Å²) in [6.07, 6.45) is -0.466. The number of aliphatic hydroxyl groups is 1. The van der Waals surface area contributed by atoms with Crippen molar-refractivity contribution in [2.75, 3.05) is 25.4 Å². The molecule has 20 heavy (non-hydrogen) atoms. The SMILES string of the molecule is CC1(C)CN(C(=O)c2cc(N)ccc2F)CC(CO)O1. The van der Waals surface area contributed by atoms with E-state index in [0.29, 0.717) is 12.2 Å². The third-order valence-electron chi connectivity index (χ3n) is 3.19. The number of rotatable bonds is 2. The van der Waals surface area contributed by atoms with Crippen molar-refractivity contribution in [2.24, 2.45) is 0 Å². The lowest BCUT2D eigenvalue weighted by Crippen LogP contribution is -2.55. The number of carbonyl (C=O) groups excluding carboxylic acids is 1. The Bertz CT molecular complexity index is 519. The lowest BCUT2D eigenvalue weighted by molar-refractivity contribution is -0.139. The molecule has 0 saturated carbocycles. The first-order chi connectivity index (χ1) is 9.32. The summed E-state index contributed by atoms with van der Waals surface area (Å²) >= 11 is 0. The molecule has 1 aromatic rings. The van der Waals surface area contributed by atoms with Gasteiger partial charge in [0.05, 0.1) is 23.9 Å². The average Bonchev–Trinajstić information content (AvgIpc) is 2.38. The van der Waals surface area contributed by atoms with Gasteiger partial charge in [0, 0.05) is 18.8 Å². The fourth-order valence-corrected chi connectivity index (χ4v) is 2.42. The van der Waals surface area contributed by atoms with Crippen molar-refractivity contribution in [1.82, 2.24) is 4.90 Å². The molecule has 0 spiro atoms. The Morgan fingerprint density at radius 1 is 1.60 bits per heavy atom. The molecule has 1 heterocycles. The molecule has 0 radical (unpaired) electrons. The van der Waals surface area contributed by atoms with Crippen molar-refractivity contribution in [3.05, 3.63) is 29.6 Å². The molecule has 5 nitrogen and oxygen atoms in total. The Balaban J connectivity index is 2.25. The van der Waals surface area contributed by atoms with E-state index in [1.165, 1.54) is 23.1 Å². The van der Waals surface area contributed by atoms with Crippen LogP contribution in [0.5, 0.6) is 0 Å². The van der Waals surface area contributed by atoms with Crippen molar-refractivity contribution >= 4 is 11.6 Å². The molecular formula is C14H19FN2O3. The van der Waals surface area contributed by atoms with Crippen molar-refractivity contribution in [3.63, 3.8) is 0 Å². The minimum absolute atomic E-state index is 0.0561. The Morgan fingerprint density at radius 2 is 2.30 bits per heavy atom. The molecule has 0 aliphatic carbocycles. The van der Waals surface area contributed by atoms with E-state index in [1.54, 1.807) is 0 Å². The predicted octanol–water partition coefficient (Wildman–Crippen LogP) is 1.02. The van der Waals surface area contributed by atoms with E-state index >= 15 is 0 Å². The summed E-state index contributed by atoms with van der Waals surface area (Å²) in [5.74, 6) is -1.04. The van der Waals surface area contributed by atoms with Crippen LogP contribution in [-0.2, 0) is 4.74 Å². The lowest BCUT2D eigenvalue weighted by Gasteiger charge is -2.42. The predicted molar refractivity (Wildman–Crippen MR) is 72.8 cm³/mol. The van der Waals surface area contributed by atoms with Crippen LogP contribution in [0.2, 0.25) is 0 Å². The summed E-state index contributed by atoms with van der Waals surface area (Å²) in [5, 5.41) is 9.24. The van der Waals surface area contributed by atoms with Crippen LogP contribution in [-0.4, -0.2) is 47.3 Å². The minimum Gasteiger partial charge on any atom is -0.399 e. The van der Waals surface area contributed by atoms with Crippen LogP contribution in [0.4, 0.5) is 10.1 Å². The molecule has 1 atom stereocenters. The van der Waals surface area contributed by atoms with E-state index in [1.807, 2.05) is 13.8 Å². The van der Waals surface area contributed by atoms with Gasteiger partial charge in [-0.15, -0.1) is 0 Å². The zero-order valence-corrected chi connectivity index (χ0v) is 11.6. The number of nitrogen functional groups attached to an aromatic ring is 1. The van der Waals surface area contributed by atoms with Gasteiger partial charge in [-0.1, -0.05) is 0 Å². The first-order valence-electron chi connectivity index (χ1n) is 6.45. The van der Waals surface area contributed by atoms with E-state index in [2.05, 4.69) is 0 Å². The number of nitrogens with zero attached hydrogens (tertiary/aromatic N) is 1. The summed E-state index contributed by atoms with van der Waals surface area (Å²) in [4.78, 5) is 13.9. The number of anilines is 1. The summed E-state index contributed by atoms with van der Waals surface area (Å²) in [5.41, 5.74) is 5.29. The second kappa shape index (κ2) is 5.38. The number of ether oxygens (including phenoxy) is 1. The van der Waals surface area contributed by atoms with E-state index < -0.39 is 23.4 Å². The first-order valence-corrected chi connectivity index (χ1v) is 6.45. The van der Waals surface area contributed by atoms with Crippen LogP contribution in [0.1, 0.15) is 24.2 Å². The van der Waals surface area contributed by atoms with Gasteiger partial charge in [0.15, 0.2) is 0 Å². The topological polar surface area (TPSA) is 75.8 Å². The number of benzene rings is 1. The van der Waals surface area contributed by atoms with Gasteiger partial charge in [-0.05, 0) is 32.0 Å². The maximum atomic E-state index is 13.8. The summed E-state index contributed by atoms with van der Waals surface area (Å²) < 4.78 is 19.4. The van der Waals surface area contributed by atoms with Crippen LogP contribution in [0.15, 0.2) is 18.2 Å². The quantitative estimate of drug-likeness (QED) is 0.794. The Hall–Kier alpha value is -1.66. The summed E-state index contributed by atoms with van der Waals surface area (Å²) in [6, 6.07) is 3.91. The number of aliphatic hydroxyl groups excluding tert-OH is 1. The highest BCUT2D eigenvalue weighted by Crippen LogP contribution is 2.23. The molecule has 1 aliphatic rings. The molecule has 110 valence electrons. The van der Waals surface area contributed by atoms with Gasteiger partial charge < -0.3 is 20.5 Å². The van der Waals surface area contributed by atoms with Gasteiger partial charge in [-0.3, -0.25) is 4.79 Å². The second-order valence-corrected chi connectivity index (χ2v) is 5.61. The van der Waals surface area contributed by atoms with Crippen molar-refractivity contribution in [2.45, 2.75) is 25.6 Å². The molecule has 0 aromatic heterocycles. The van der Waals surface area contributed by atoms with Crippen LogP contribution < -0.4 is 5.73 Å². The first kappa shape index (κ1) is 14.7. The Labute approximate surface area is 117 Å². The zero-order valence-electron chi connectivity index (χ0n) is 11.6. The van der Waals surface area contributed by atoms with Crippen molar-refractivity contribution in [3.8, 4) is 0 Å². The molecule has 1 aromatic carbocycles. The number of carbonyl (C=O) groups is 1. The van der Waals surface area contributed by atoms with Gasteiger partial charge in [-0.25, -0.2) is 4.39 Å². The standard InChI is InChI=1S/C14H19FN2O3/c1-14(2)8-17(6-10(7-18)20-14)13(19)11-5-9(16)3-4-12(11)15/h3-5,10,18H,6-8,16H2,1-2H3. The minimum atomic E-state index is -0.603. The van der Waals surface area contributed by atoms with Gasteiger partial charge in [-0.2, -0.15) is 0 Å². The molecule has 1 amide bonds. The second-order valence-electron chi connectivity index (χ2n) is 5.61. The van der Waals surface area contributed by atoms with Gasteiger partial charge in [0.25, 0.3) is 5.91 Å². The van der Waals surface area contributed by atoms with Gasteiger partial charge in [0.2, 0.25) is 0 Å². The van der Waals surface area contributed by atoms with Gasteiger partial charge >= 0.3 is 0 Å². The highest BCUT2D eigenvalue weighted by Gasteiger charge is 2.36. The van der Waals surface area contributed by atoms with Crippen molar-refractivity contribution < 1.29 is 19.0 Å². The average molecular weight is 282 g/mol. The van der Waals surface area contributed by atoms with E-state index in [9.17, 15) is 14.3 Å². The maximum Gasteiger partial charge on any atom is 0.257 e. The number of amides is 1. The Kier molecular flexibility index (Phi) is 3.96. The van der Waals surface area contributed by atoms with E-state index in [0.717, 1.165) is 0 Å². The number of hydrogen-bond donors (Lipinski definition) is 2. The number of hydrogen-bond acceptors (Lipinski definition) is 4. The third kappa shape index (κ3) is 3.08. The maximum absolute atomic E-state index is 13.8. The van der Waals surface area contributed by atoms with Crippen LogP contribution in [0.25, 0.3) is 0 Å². The molecular weight excluding hydrogens is 263 g/mol. The molecule has 3 N–H and O–H groups in total. The lowest BCUT2D eigenvalue weighted by atomic mass is 10.0. The van der Waals surface area contributed by atoms with Gasteiger partial charge in [0.1, 0.15) is 5.82 Å². The summed E-state index contributed by atoms with van der Waals surface area (Å²) in [6.45, 7) is 4.02. The fraction of sp³-hybridized carbons (Fsp3) is 0.500. The monoisotopic (exact) mass is 282 g/mol. The Morgan fingerprint density at radius 3 is 2.95 bits per heavy atom. The van der Waals surface area contributed by atoms with E-state index in [4.69, 9.17) is 10.5 Å². The molecule has 1 saturated heterocycles. The van der Waals surface area contributed by atoms with Crippen molar-refractivity contribution in [1.29, 1.82) is 0 Å². The van der Waals surface area contributed by atoms with Crippen LogP contribution in [0.3, 0.4) is 0 Å². The highest BCUT2D eigenvalue weighted by molar-refractivity contribution is 5.95. The summed E-state index contributed by atoms with van der Waals surface area (Å²) in [7, 11) is 0. The molecule has 0 bridgehead atoms. The fourth-order valence-electron chi connectivity index (χ4n) is 2.42. The molecule has 1 aliphatic heterocycles. The zero-order chi connectivity index (χ0) is 14.9. The largest absolute Gasteiger partial charge is 0.399 e. The van der Waals surface area contributed by atoms with E-state index in [-0.39, 0.29) is 18.7 Å². The molecule has 1 unspecified atom stereocenters. The number of halogens is 1. The van der Waals surface area contributed by atoms with Crippen LogP contribution >= 0.6 is 0 Å². The normalized spacial score (nSPS) is 21.8. The molecule has 1 fully saturated rings. The molecule has 2 rings (SSSR count). The number of morpholine rings is 1. The smallest absolute Gasteiger partial charge is 0.257 e. The highest BCUT2D eigenvalue weighted by atomic mass is 19.1. The van der Waals surface area contributed by atoms with Crippen LogP contribution in [0, 0.1) is 5.82 Å². The number of nitrogens with two attached hydrogens (primary N) is 1. The third-order valence-corrected chi connectivity index (χ3v) is 3.19.